The Bertz CT molecular complexity index is 671. The topological polar surface area (TPSA) is 155 Å². The van der Waals surface area contributed by atoms with Crippen LogP contribution in [-0.4, -0.2) is 70.4 Å². The first-order chi connectivity index (χ1) is 12.5. The zero-order valence-corrected chi connectivity index (χ0v) is 16.7. The predicted molar refractivity (Wildman–Crippen MR) is 90.5 cm³/mol. The van der Waals surface area contributed by atoms with Crippen LogP contribution in [0.15, 0.2) is 0 Å². The Balaban J connectivity index is 2.23. The fourth-order valence-corrected chi connectivity index (χ4v) is 4.47. The Labute approximate surface area is 159 Å². The quantitative estimate of drug-likeness (QED) is 0.519. The maximum Gasteiger partial charge on any atom is 0.397 e. The van der Waals surface area contributed by atoms with Gasteiger partial charge in [-0.05, 0) is 25.7 Å². The molecule has 0 aromatic rings. The summed E-state index contributed by atoms with van der Waals surface area (Å²) >= 11 is 0. The van der Waals surface area contributed by atoms with Crippen LogP contribution in [0.5, 0.6) is 0 Å². The summed E-state index contributed by atoms with van der Waals surface area (Å²) < 4.78 is 88.5. The number of hydrogen-bond donors (Lipinski definition) is 2. The van der Waals surface area contributed by atoms with E-state index < -0.39 is 51.5 Å². The van der Waals surface area contributed by atoms with E-state index in [1.54, 1.807) is 6.92 Å². The van der Waals surface area contributed by atoms with Crippen molar-refractivity contribution < 1.29 is 48.5 Å². The van der Waals surface area contributed by atoms with Crippen molar-refractivity contribution in [1.82, 2.24) is 0 Å². The van der Waals surface area contributed by atoms with Gasteiger partial charge in [-0.1, -0.05) is 19.3 Å². The molecule has 13 heteroatoms. The van der Waals surface area contributed by atoms with Gasteiger partial charge in [0.2, 0.25) is 0 Å². The summed E-state index contributed by atoms with van der Waals surface area (Å²) in [4.78, 5) is 0. The van der Waals surface area contributed by atoms with E-state index in [9.17, 15) is 16.8 Å². The molecule has 0 aromatic heterocycles. The number of hydrogen-bond acceptors (Lipinski definition) is 9. The smallest absolute Gasteiger partial charge is 0.372 e. The molecule has 1 aliphatic carbocycles. The van der Waals surface area contributed by atoms with Crippen LogP contribution in [0.4, 0.5) is 0 Å². The van der Waals surface area contributed by atoms with E-state index in [1.165, 1.54) is 7.11 Å². The van der Waals surface area contributed by atoms with Gasteiger partial charge in [0.1, 0.15) is 12.2 Å². The van der Waals surface area contributed by atoms with E-state index in [0.29, 0.717) is 0 Å². The Kier molecular flexibility index (Phi) is 7.98. The molecule has 0 amide bonds. The first-order valence-electron chi connectivity index (χ1n) is 8.61. The number of methoxy groups -OCH3 is 1. The molecule has 1 heterocycles. The van der Waals surface area contributed by atoms with Gasteiger partial charge >= 0.3 is 20.8 Å². The van der Waals surface area contributed by atoms with Crippen LogP contribution in [0.1, 0.15) is 39.0 Å². The fraction of sp³-hybridized carbons (Fsp3) is 1.00. The van der Waals surface area contributed by atoms with Crippen LogP contribution >= 0.6 is 0 Å². The number of rotatable bonds is 8. The van der Waals surface area contributed by atoms with Gasteiger partial charge in [-0.25, -0.2) is 8.37 Å². The van der Waals surface area contributed by atoms with Gasteiger partial charge in [0, 0.05) is 7.11 Å². The molecule has 0 spiro atoms. The van der Waals surface area contributed by atoms with Gasteiger partial charge in [0.15, 0.2) is 12.4 Å². The molecule has 0 radical (unpaired) electrons. The third kappa shape index (κ3) is 7.18. The van der Waals surface area contributed by atoms with Crippen LogP contribution in [0.25, 0.3) is 0 Å². The van der Waals surface area contributed by atoms with Gasteiger partial charge < -0.3 is 14.2 Å². The van der Waals surface area contributed by atoms with Crippen LogP contribution < -0.4 is 0 Å². The molecule has 0 unspecified atom stereocenters. The third-order valence-electron chi connectivity index (χ3n) is 4.67. The first kappa shape index (κ1) is 22.9. The summed E-state index contributed by atoms with van der Waals surface area (Å²) in [7, 11) is -8.82. The highest BCUT2D eigenvalue weighted by molar-refractivity contribution is 7.81. The van der Waals surface area contributed by atoms with Crippen molar-refractivity contribution in [1.29, 1.82) is 0 Å². The van der Waals surface area contributed by atoms with Crippen molar-refractivity contribution in [3.63, 3.8) is 0 Å². The molecule has 160 valence electrons. The summed E-state index contributed by atoms with van der Waals surface area (Å²) in [5, 5.41) is 0. The van der Waals surface area contributed by atoms with Crippen molar-refractivity contribution in [3.8, 4) is 0 Å². The lowest BCUT2D eigenvalue weighted by Crippen LogP contribution is -2.61. The Morgan fingerprint density at radius 3 is 2.00 bits per heavy atom. The lowest BCUT2D eigenvalue weighted by Gasteiger charge is -2.43. The predicted octanol–water partition coefficient (Wildman–Crippen LogP) is 0.719. The molecular formula is C14H26O11S2. The summed E-state index contributed by atoms with van der Waals surface area (Å²) in [6, 6.07) is 0. The standard InChI is InChI=1S/C14H26O11S2/c1-9-11(22-8-10-6-4-3-5-7-10)12(24-26(15,16)17)13(14(21-2)23-9)25-27(18,19)20/h9-14H,3-8H2,1-2H3,(H,15,16,17)(H,18,19,20)/t9-,11-,12+,13+,14+/m0/s1. The van der Waals surface area contributed by atoms with Crippen molar-refractivity contribution in [2.75, 3.05) is 13.7 Å². The molecular weight excluding hydrogens is 408 g/mol. The summed E-state index contributed by atoms with van der Waals surface area (Å²) in [5.74, 6) is 0.262. The second-order valence-corrected chi connectivity index (χ2v) is 8.82. The molecule has 1 saturated carbocycles. The summed E-state index contributed by atoms with van der Waals surface area (Å²) in [5.41, 5.74) is 0. The number of ether oxygens (including phenoxy) is 3. The van der Waals surface area contributed by atoms with Crippen LogP contribution in [0.2, 0.25) is 0 Å². The minimum absolute atomic E-state index is 0.262. The first-order valence-corrected chi connectivity index (χ1v) is 11.3. The largest absolute Gasteiger partial charge is 0.397 e. The molecule has 11 nitrogen and oxygen atoms in total. The van der Waals surface area contributed by atoms with Crippen molar-refractivity contribution in [2.24, 2.45) is 5.92 Å². The Morgan fingerprint density at radius 2 is 1.48 bits per heavy atom. The van der Waals surface area contributed by atoms with Gasteiger partial charge in [0.25, 0.3) is 0 Å². The van der Waals surface area contributed by atoms with E-state index in [4.69, 9.17) is 23.3 Å². The van der Waals surface area contributed by atoms with Crippen LogP contribution in [0.3, 0.4) is 0 Å². The lowest BCUT2D eigenvalue weighted by atomic mass is 9.90. The highest BCUT2D eigenvalue weighted by Gasteiger charge is 2.50. The van der Waals surface area contributed by atoms with E-state index in [-0.39, 0.29) is 12.5 Å². The highest BCUT2D eigenvalue weighted by Crippen LogP contribution is 2.32. The molecule has 2 fully saturated rings. The second-order valence-electron chi connectivity index (χ2n) is 6.72. The van der Waals surface area contributed by atoms with E-state index in [0.717, 1.165) is 32.1 Å². The average molecular weight is 434 g/mol. The van der Waals surface area contributed by atoms with Crippen molar-refractivity contribution >= 4 is 20.8 Å². The maximum atomic E-state index is 11.3. The minimum Gasteiger partial charge on any atom is -0.372 e. The summed E-state index contributed by atoms with van der Waals surface area (Å²) in [6.45, 7) is 1.83. The molecule has 2 N–H and O–H groups in total. The molecule has 0 bridgehead atoms. The monoisotopic (exact) mass is 434 g/mol. The summed E-state index contributed by atoms with van der Waals surface area (Å²) in [6.07, 6.45) is -1.41. The molecule has 2 rings (SSSR count). The van der Waals surface area contributed by atoms with Crippen molar-refractivity contribution in [2.45, 2.75) is 69.7 Å². The third-order valence-corrected chi connectivity index (χ3v) is 5.60. The van der Waals surface area contributed by atoms with Gasteiger partial charge in [0.05, 0.1) is 12.7 Å². The highest BCUT2D eigenvalue weighted by atomic mass is 32.3. The zero-order valence-electron chi connectivity index (χ0n) is 15.1. The molecule has 2 aliphatic rings. The SMILES string of the molecule is CO[C@@H]1O[C@@H](C)[C@H](OCC2CCCCC2)[C@@H](OS(=O)(=O)O)[C@H]1OS(=O)(=O)O. The van der Waals surface area contributed by atoms with Crippen LogP contribution in [0, 0.1) is 5.92 Å². The molecule has 5 atom stereocenters. The lowest BCUT2D eigenvalue weighted by molar-refractivity contribution is -0.284. The van der Waals surface area contributed by atoms with Gasteiger partial charge in [-0.2, -0.15) is 16.8 Å². The maximum absolute atomic E-state index is 11.3. The molecule has 1 aliphatic heterocycles. The average Bonchev–Trinajstić information content (AvgIpc) is 2.55. The fourth-order valence-electron chi connectivity index (χ4n) is 3.49. The van der Waals surface area contributed by atoms with Gasteiger partial charge in [-0.15, -0.1) is 0 Å². The minimum atomic E-state index is -5.00. The molecule has 27 heavy (non-hydrogen) atoms. The molecule has 1 saturated heterocycles. The van der Waals surface area contributed by atoms with Gasteiger partial charge in [-0.3, -0.25) is 9.11 Å². The zero-order chi connectivity index (χ0) is 20.2. The molecule has 0 aromatic carbocycles. The van der Waals surface area contributed by atoms with E-state index >= 15 is 0 Å². The Hall–Kier alpha value is -0.380. The van der Waals surface area contributed by atoms with Crippen molar-refractivity contribution in [3.05, 3.63) is 0 Å². The van der Waals surface area contributed by atoms with Crippen LogP contribution in [-0.2, 0) is 43.4 Å². The van der Waals surface area contributed by atoms with E-state index in [1.807, 2.05) is 0 Å². The Morgan fingerprint density at radius 1 is 0.926 bits per heavy atom. The van der Waals surface area contributed by atoms with E-state index in [2.05, 4.69) is 8.37 Å². The normalized spacial score (nSPS) is 33.9. The second kappa shape index (κ2) is 9.41.